The Bertz CT molecular complexity index is 888. The molecule has 8 heteroatoms. The molecule has 1 atom stereocenters. The van der Waals surface area contributed by atoms with Crippen molar-refractivity contribution in [2.45, 2.75) is 45.3 Å². The van der Waals surface area contributed by atoms with E-state index in [1.165, 1.54) is 5.56 Å². The first-order valence-corrected chi connectivity index (χ1v) is 9.27. The second-order valence-electron chi connectivity index (χ2n) is 6.96. The van der Waals surface area contributed by atoms with Gasteiger partial charge in [0.2, 0.25) is 5.91 Å². The SMILES string of the molecule is C[C@H]1CN(C(=O)CCn2cnnc2)Cc2nnc(CCc3ccccc3)n21. The van der Waals surface area contributed by atoms with Crippen LogP contribution in [0.25, 0.3) is 0 Å². The maximum absolute atomic E-state index is 12.6. The van der Waals surface area contributed by atoms with Gasteiger partial charge in [-0.15, -0.1) is 20.4 Å². The summed E-state index contributed by atoms with van der Waals surface area (Å²) in [5.41, 5.74) is 1.30. The molecule has 8 nitrogen and oxygen atoms in total. The van der Waals surface area contributed by atoms with Gasteiger partial charge in [-0.05, 0) is 18.9 Å². The highest BCUT2D eigenvalue weighted by Crippen LogP contribution is 2.23. The first-order valence-electron chi connectivity index (χ1n) is 9.27. The number of fused-ring (bicyclic) bond motifs is 1. The van der Waals surface area contributed by atoms with Gasteiger partial charge in [-0.25, -0.2) is 0 Å². The van der Waals surface area contributed by atoms with Crippen LogP contribution in [-0.4, -0.2) is 46.9 Å². The highest BCUT2D eigenvalue weighted by atomic mass is 16.2. The van der Waals surface area contributed by atoms with E-state index in [-0.39, 0.29) is 11.9 Å². The van der Waals surface area contributed by atoms with E-state index in [1.54, 1.807) is 12.7 Å². The van der Waals surface area contributed by atoms with Crippen molar-refractivity contribution in [1.29, 1.82) is 0 Å². The zero-order valence-corrected chi connectivity index (χ0v) is 15.4. The van der Waals surface area contributed by atoms with Crippen LogP contribution in [0.1, 0.15) is 36.6 Å². The van der Waals surface area contributed by atoms with Gasteiger partial charge in [-0.1, -0.05) is 30.3 Å². The number of carbonyl (C=O) groups excluding carboxylic acids is 1. The first-order chi connectivity index (χ1) is 13.2. The van der Waals surface area contributed by atoms with Crippen LogP contribution in [0.3, 0.4) is 0 Å². The van der Waals surface area contributed by atoms with Crippen molar-refractivity contribution in [2.75, 3.05) is 6.54 Å². The lowest BCUT2D eigenvalue weighted by Gasteiger charge is -2.32. The zero-order valence-electron chi connectivity index (χ0n) is 15.4. The summed E-state index contributed by atoms with van der Waals surface area (Å²) in [6.45, 7) is 3.91. The Balaban J connectivity index is 1.39. The predicted octanol–water partition coefficient (Wildman–Crippen LogP) is 1.65. The number of hydrogen-bond acceptors (Lipinski definition) is 5. The van der Waals surface area contributed by atoms with Crippen LogP contribution in [0.15, 0.2) is 43.0 Å². The average Bonchev–Trinajstić information content (AvgIpc) is 3.35. The second-order valence-corrected chi connectivity index (χ2v) is 6.96. The Labute approximate surface area is 157 Å². The molecule has 140 valence electrons. The maximum atomic E-state index is 12.6. The molecule has 1 aliphatic rings. The molecule has 0 spiro atoms. The molecule has 0 saturated carbocycles. The number of hydrogen-bond donors (Lipinski definition) is 0. The number of benzene rings is 1. The molecule has 0 N–H and O–H groups in total. The van der Waals surface area contributed by atoms with Crippen molar-refractivity contribution in [3.8, 4) is 0 Å². The van der Waals surface area contributed by atoms with E-state index in [1.807, 2.05) is 15.5 Å². The van der Waals surface area contributed by atoms with Gasteiger partial charge in [0, 0.05) is 25.9 Å². The van der Waals surface area contributed by atoms with Gasteiger partial charge in [-0.2, -0.15) is 0 Å². The van der Waals surface area contributed by atoms with E-state index in [4.69, 9.17) is 0 Å². The molecule has 0 saturated heterocycles. The van der Waals surface area contributed by atoms with Crippen molar-refractivity contribution >= 4 is 5.91 Å². The van der Waals surface area contributed by atoms with Crippen LogP contribution < -0.4 is 0 Å². The van der Waals surface area contributed by atoms with E-state index >= 15 is 0 Å². The number of aromatic nitrogens is 6. The topological polar surface area (TPSA) is 81.7 Å². The third-order valence-corrected chi connectivity index (χ3v) is 4.98. The minimum absolute atomic E-state index is 0.121. The highest BCUT2D eigenvalue weighted by Gasteiger charge is 2.28. The van der Waals surface area contributed by atoms with Gasteiger partial charge in [0.25, 0.3) is 0 Å². The predicted molar refractivity (Wildman–Crippen MR) is 98.6 cm³/mol. The van der Waals surface area contributed by atoms with E-state index < -0.39 is 0 Å². The maximum Gasteiger partial charge on any atom is 0.224 e. The third-order valence-electron chi connectivity index (χ3n) is 4.98. The average molecular weight is 365 g/mol. The molecule has 0 bridgehead atoms. The van der Waals surface area contributed by atoms with E-state index in [2.05, 4.69) is 56.2 Å². The van der Waals surface area contributed by atoms with Crippen molar-refractivity contribution in [2.24, 2.45) is 0 Å². The Morgan fingerprint density at radius 1 is 1.11 bits per heavy atom. The minimum atomic E-state index is 0.121. The Morgan fingerprint density at radius 3 is 2.67 bits per heavy atom. The third kappa shape index (κ3) is 3.89. The lowest BCUT2D eigenvalue weighted by molar-refractivity contribution is -0.133. The molecule has 0 radical (unpaired) electrons. The van der Waals surface area contributed by atoms with Crippen molar-refractivity contribution < 1.29 is 4.79 Å². The van der Waals surface area contributed by atoms with Crippen LogP contribution in [0.4, 0.5) is 0 Å². The second kappa shape index (κ2) is 7.69. The summed E-state index contributed by atoms with van der Waals surface area (Å²) in [4.78, 5) is 14.5. The number of nitrogens with zero attached hydrogens (tertiary/aromatic N) is 7. The van der Waals surface area contributed by atoms with E-state index in [0.717, 1.165) is 24.5 Å². The first kappa shape index (κ1) is 17.4. The molecular formula is C19H23N7O. The Hall–Kier alpha value is -3.03. The van der Waals surface area contributed by atoms with Crippen LogP contribution in [0.5, 0.6) is 0 Å². The number of carbonyl (C=O) groups is 1. The smallest absolute Gasteiger partial charge is 0.224 e. The summed E-state index contributed by atoms with van der Waals surface area (Å²) in [5, 5.41) is 16.3. The molecule has 2 aromatic heterocycles. The summed E-state index contributed by atoms with van der Waals surface area (Å²) >= 11 is 0. The summed E-state index contributed by atoms with van der Waals surface area (Å²) in [6.07, 6.45) is 5.47. The lowest BCUT2D eigenvalue weighted by atomic mass is 10.1. The van der Waals surface area contributed by atoms with Crippen molar-refractivity contribution in [1.82, 2.24) is 34.4 Å². The van der Waals surface area contributed by atoms with Crippen LogP contribution in [0.2, 0.25) is 0 Å². The molecule has 0 aliphatic carbocycles. The largest absolute Gasteiger partial charge is 0.333 e. The molecule has 27 heavy (non-hydrogen) atoms. The van der Waals surface area contributed by atoms with Gasteiger partial charge in [0.15, 0.2) is 5.82 Å². The quantitative estimate of drug-likeness (QED) is 0.663. The summed E-state index contributed by atoms with van der Waals surface area (Å²) in [7, 11) is 0. The van der Waals surface area contributed by atoms with Gasteiger partial charge < -0.3 is 14.0 Å². The molecule has 1 amide bonds. The number of amides is 1. The van der Waals surface area contributed by atoms with Crippen LogP contribution >= 0.6 is 0 Å². The monoisotopic (exact) mass is 365 g/mol. The standard InChI is InChI=1S/C19H23N7O/c1-15-11-25(19(27)9-10-24-13-20-21-14-24)12-18-23-22-17(26(15)18)8-7-16-5-3-2-4-6-16/h2-6,13-15H,7-12H2,1H3/t15-/m0/s1. The summed E-state index contributed by atoms with van der Waals surface area (Å²) in [6, 6.07) is 10.6. The van der Waals surface area contributed by atoms with Crippen molar-refractivity contribution in [3.05, 3.63) is 60.2 Å². The summed E-state index contributed by atoms with van der Waals surface area (Å²) < 4.78 is 4.02. The van der Waals surface area contributed by atoms with Gasteiger partial charge in [-0.3, -0.25) is 4.79 Å². The molecule has 1 aromatic carbocycles. The molecule has 0 unspecified atom stereocenters. The highest BCUT2D eigenvalue weighted by molar-refractivity contribution is 5.76. The van der Waals surface area contributed by atoms with Gasteiger partial charge >= 0.3 is 0 Å². The fourth-order valence-electron chi connectivity index (χ4n) is 3.59. The van der Waals surface area contributed by atoms with Gasteiger partial charge in [0.1, 0.15) is 18.5 Å². The normalized spacial score (nSPS) is 16.3. The number of rotatable bonds is 6. The molecular weight excluding hydrogens is 342 g/mol. The zero-order chi connectivity index (χ0) is 18.6. The molecule has 3 aromatic rings. The molecule has 0 fully saturated rings. The molecule has 3 heterocycles. The van der Waals surface area contributed by atoms with E-state index in [0.29, 0.717) is 26.1 Å². The molecule has 4 rings (SSSR count). The lowest BCUT2D eigenvalue weighted by Crippen LogP contribution is -2.41. The fourth-order valence-corrected chi connectivity index (χ4v) is 3.59. The minimum Gasteiger partial charge on any atom is -0.333 e. The molecule has 1 aliphatic heterocycles. The van der Waals surface area contributed by atoms with Gasteiger partial charge in [0.05, 0.1) is 12.6 Å². The van der Waals surface area contributed by atoms with Crippen molar-refractivity contribution in [3.63, 3.8) is 0 Å². The fraction of sp³-hybridized carbons (Fsp3) is 0.421. The Kier molecular flexibility index (Phi) is 4.95. The van der Waals surface area contributed by atoms with E-state index in [9.17, 15) is 4.79 Å². The van der Waals surface area contributed by atoms with Crippen LogP contribution in [0, 0.1) is 0 Å². The Morgan fingerprint density at radius 2 is 1.89 bits per heavy atom. The number of aryl methyl sites for hydroxylation is 3. The summed E-state index contributed by atoms with van der Waals surface area (Å²) in [5.74, 6) is 1.99. The van der Waals surface area contributed by atoms with Crippen LogP contribution in [-0.2, 0) is 30.7 Å².